The van der Waals surface area contributed by atoms with E-state index in [1.165, 1.54) is 0 Å². The van der Waals surface area contributed by atoms with Gasteiger partial charge in [-0.1, -0.05) is 0 Å². The molecule has 1 atom stereocenters. The molecule has 0 bridgehead atoms. The summed E-state index contributed by atoms with van der Waals surface area (Å²) in [7, 11) is 0. The van der Waals surface area contributed by atoms with Crippen LogP contribution in [0.1, 0.15) is 13.8 Å². The van der Waals surface area contributed by atoms with Crippen molar-refractivity contribution in [2.75, 3.05) is 20.1 Å². The van der Waals surface area contributed by atoms with Crippen molar-refractivity contribution in [1.29, 1.82) is 0 Å². The summed E-state index contributed by atoms with van der Waals surface area (Å²) >= 11 is 0. The molecule has 1 unspecified atom stereocenters. The van der Waals surface area contributed by atoms with Crippen LogP contribution in [0.5, 0.6) is 0 Å². The van der Waals surface area contributed by atoms with Crippen LogP contribution in [-0.2, 0) is 14.3 Å². The van der Waals surface area contributed by atoms with Gasteiger partial charge in [0.05, 0.1) is 13.3 Å². The van der Waals surface area contributed by atoms with E-state index in [0.29, 0.717) is 6.61 Å². The third-order valence-electron chi connectivity index (χ3n) is 2.00. The molecule has 1 saturated heterocycles. The number of ether oxygens (including phenoxy) is 2. The van der Waals surface area contributed by atoms with Crippen molar-refractivity contribution >= 4 is 5.91 Å². The zero-order chi connectivity index (χ0) is 9.84. The molecular weight excluding hydrogens is 172 g/mol. The van der Waals surface area contributed by atoms with Gasteiger partial charge in [-0.15, -0.1) is 0 Å². The summed E-state index contributed by atoms with van der Waals surface area (Å²) in [4.78, 5) is 13.2. The van der Waals surface area contributed by atoms with Crippen molar-refractivity contribution in [1.82, 2.24) is 4.90 Å². The maximum Gasteiger partial charge on any atom is 0.255 e. The van der Waals surface area contributed by atoms with Crippen molar-refractivity contribution in [3.05, 3.63) is 0 Å². The highest BCUT2D eigenvalue weighted by atomic mass is 16.7. The van der Waals surface area contributed by atoms with Gasteiger partial charge >= 0.3 is 0 Å². The summed E-state index contributed by atoms with van der Waals surface area (Å²) in [6.07, 6.45) is -0.467. The molecule has 1 amide bonds. The minimum absolute atomic E-state index is 0.0880. The lowest BCUT2D eigenvalue weighted by molar-refractivity contribution is -0.142. The molecular formula is C8H16N2O3. The second-order valence-electron chi connectivity index (χ2n) is 3.23. The average Bonchev–Trinajstić information content (AvgIpc) is 2.56. The highest BCUT2D eigenvalue weighted by Crippen LogP contribution is 2.08. The predicted octanol–water partition coefficient (Wildman–Crippen LogP) is -0.487. The molecule has 0 aromatic heterocycles. The van der Waals surface area contributed by atoms with Crippen molar-refractivity contribution in [3.8, 4) is 0 Å². The smallest absolute Gasteiger partial charge is 0.255 e. The number of nitrogens with zero attached hydrogens (tertiary/aromatic N) is 1. The summed E-state index contributed by atoms with van der Waals surface area (Å²) in [6.45, 7) is 4.59. The van der Waals surface area contributed by atoms with E-state index in [1.54, 1.807) is 4.90 Å². The van der Waals surface area contributed by atoms with Crippen molar-refractivity contribution in [2.24, 2.45) is 5.73 Å². The monoisotopic (exact) mass is 188 g/mol. The van der Waals surface area contributed by atoms with Gasteiger partial charge < -0.3 is 20.1 Å². The van der Waals surface area contributed by atoms with Gasteiger partial charge in [0, 0.05) is 6.04 Å². The molecule has 5 heteroatoms. The van der Waals surface area contributed by atoms with Gasteiger partial charge in [0.15, 0.2) is 6.10 Å². The van der Waals surface area contributed by atoms with Gasteiger partial charge in [0.25, 0.3) is 5.91 Å². The van der Waals surface area contributed by atoms with Crippen LogP contribution in [0.4, 0.5) is 0 Å². The van der Waals surface area contributed by atoms with E-state index in [4.69, 9.17) is 15.2 Å². The number of rotatable bonds is 3. The molecule has 0 saturated carbocycles. The molecule has 13 heavy (non-hydrogen) atoms. The fourth-order valence-electron chi connectivity index (χ4n) is 1.22. The Labute approximate surface area is 77.8 Å². The van der Waals surface area contributed by atoms with Gasteiger partial charge in [-0.3, -0.25) is 4.79 Å². The first-order valence-electron chi connectivity index (χ1n) is 4.36. The Kier molecular flexibility index (Phi) is 3.65. The minimum atomic E-state index is -0.467. The van der Waals surface area contributed by atoms with Crippen LogP contribution in [0.15, 0.2) is 0 Å². The van der Waals surface area contributed by atoms with Crippen molar-refractivity contribution in [3.63, 3.8) is 0 Å². The Morgan fingerprint density at radius 3 is 2.77 bits per heavy atom. The first-order valence-corrected chi connectivity index (χ1v) is 4.36. The Morgan fingerprint density at radius 2 is 2.38 bits per heavy atom. The Hall–Kier alpha value is -0.650. The molecule has 1 rings (SSSR count). The van der Waals surface area contributed by atoms with Crippen molar-refractivity contribution in [2.45, 2.75) is 26.0 Å². The van der Waals surface area contributed by atoms with Crippen LogP contribution in [0.25, 0.3) is 0 Å². The van der Waals surface area contributed by atoms with E-state index in [0.717, 1.165) is 0 Å². The molecule has 0 aromatic rings. The van der Waals surface area contributed by atoms with Crippen LogP contribution in [0.3, 0.4) is 0 Å². The first-order chi connectivity index (χ1) is 6.16. The van der Waals surface area contributed by atoms with Crippen LogP contribution in [0.2, 0.25) is 0 Å². The largest absolute Gasteiger partial charge is 0.352 e. The molecule has 0 spiro atoms. The van der Waals surface area contributed by atoms with Crippen LogP contribution < -0.4 is 5.73 Å². The SMILES string of the molecule is CC(C)N(CN)C(=O)C1COCO1. The van der Waals surface area contributed by atoms with E-state index in [-0.39, 0.29) is 25.4 Å². The Bertz CT molecular complexity index is 178. The molecule has 1 aliphatic rings. The number of nitrogens with two attached hydrogens (primary N) is 1. The first kappa shape index (κ1) is 10.4. The van der Waals surface area contributed by atoms with Gasteiger partial charge in [-0.25, -0.2) is 0 Å². The zero-order valence-electron chi connectivity index (χ0n) is 8.03. The van der Waals surface area contributed by atoms with Gasteiger partial charge in [-0.05, 0) is 13.8 Å². The molecule has 1 fully saturated rings. The van der Waals surface area contributed by atoms with Crippen LogP contribution >= 0.6 is 0 Å². The van der Waals surface area contributed by atoms with Crippen LogP contribution in [0, 0.1) is 0 Å². The van der Waals surface area contributed by atoms with Crippen LogP contribution in [-0.4, -0.2) is 43.0 Å². The molecule has 0 aliphatic carbocycles. The van der Waals surface area contributed by atoms with E-state index in [2.05, 4.69) is 0 Å². The van der Waals surface area contributed by atoms with Crippen molar-refractivity contribution < 1.29 is 14.3 Å². The summed E-state index contributed by atoms with van der Waals surface area (Å²) in [5, 5.41) is 0. The Balaban J connectivity index is 2.52. The third-order valence-corrected chi connectivity index (χ3v) is 2.00. The molecule has 0 aromatic carbocycles. The normalized spacial score (nSPS) is 22.3. The lowest BCUT2D eigenvalue weighted by Crippen LogP contribution is -2.46. The second-order valence-corrected chi connectivity index (χ2v) is 3.23. The highest BCUT2D eigenvalue weighted by molar-refractivity contribution is 5.81. The molecule has 1 heterocycles. The molecule has 2 N–H and O–H groups in total. The summed E-state index contributed by atoms with van der Waals surface area (Å²) in [5.74, 6) is -0.0880. The highest BCUT2D eigenvalue weighted by Gasteiger charge is 2.29. The van der Waals surface area contributed by atoms with E-state index < -0.39 is 6.10 Å². The summed E-state index contributed by atoms with van der Waals surface area (Å²) in [5.41, 5.74) is 5.45. The predicted molar refractivity (Wildman–Crippen MR) is 46.7 cm³/mol. The minimum Gasteiger partial charge on any atom is -0.352 e. The molecule has 76 valence electrons. The number of hydrogen-bond acceptors (Lipinski definition) is 4. The zero-order valence-corrected chi connectivity index (χ0v) is 8.03. The second kappa shape index (κ2) is 4.55. The number of carbonyl (C=O) groups is 1. The number of carbonyl (C=O) groups excluding carboxylic acids is 1. The van der Waals surface area contributed by atoms with Gasteiger partial charge in [-0.2, -0.15) is 0 Å². The molecule has 5 nitrogen and oxygen atoms in total. The standard InChI is InChI=1S/C8H16N2O3/c1-6(2)10(4-9)8(11)7-3-12-5-13-7/h6-7H,3-5,9H2,1-2H3. The van der Waals surface area contributed by atoms with Gasteiger partial charge in [0.1, 0.15) is 6.79 Å². The lowest BCUT2D eigenvalue weighted by Gasteiger charge is -2.26. The van der Waals surface area contributed by atoms with Gasteiger partial charge in [0.2, 0.25) is 0 Å². The topological polar surface area (TPSA) is 64.8 Å². The number of hydrogen-bond donors (Lipinski definition) is 1. The third kappa shape index (κ3) is 2.40. The molecule has 0 radical (unpaired) electrons. The lowest BCUT2D eigenvalue weighted by atomic mass is 10.2. The fraction of sp³-hybridized carbons (Fsp3) is 0.875. The molecule has 1 aliphatic heterocycles. The maximum atomic E-state index is 11.7. The van der Waals surface area contributed by atoms with E-state index in [1.807, 2.05) is 13.8 Å². The number of amides is 1. The quantitative estimate of drug-likeness (QED) is 0.607. The van der Waals surface area contributed by atoms with E-state index in [9.17, 15) is 4.79 Å². The summed E-state index contributed by atoms with van der Waals surface area (Å²) in [6, 6.07) is 0.0988. The Morgan fingerprint density at radius 1 is 1.69 bits per heavy atom. The fourth-order valence-corrected chi connectivity index (χ4v) is 1.22. The maximum absolute atomic E-state index is 11.7. The average molecular weight is 188 g/mol. The van der Waals surface area contributed by atoms with E-state index >= 15 is 0 Å². The summed E-state index contributed by atoms with van der Waals surface area (Å²) < 4.78 is 10.0.